The van der Waals surface area contributed by atoms with Gasteiger partial charge in [-0.1, -0.05) is 11.6 Å². The molecule has 1 heterocycles. The van der Waals surface area contributed by atoms with E-state index in [2.05, 4.69) is 0 Å². The van der Waals surface area contributed by atoms with Crippen LogP contribution in [0.4, 0.5) is 13.2 Å². The van der Waals surface area contributed by atoms with Crippen LogP contribution in [0.1, 0.15) is 27.3 Å². The maximum atomic E-state index is 13.2. The van der Waals surface area contributed by atoms with Crippen LogP contribution in [0.15, 0.2) is 24.3 Å². The lowest BCUT2D eigenvalue weighted by molar-refractivity contribution is -0.137. The fourth-order valence-corrected chi connectivity index (χ4v) is 2.45. The summed E-state index contributed by atoms with van der Waals surface area (Å²) in [5, 5.41) is 9.03. The molecule has 0 saturated heterocycles. The summed E-state index contributed by atoms with van der Waals surface area (Å²) >= 11 is 5.64. The van der Waals surface area contributed by atoms with Crippen LogP contribution >= 0.6 is 11.6 Å². The molecule has 3 nitrogen and oxygen atoms in total. The molecule has 0 amide bonds. The topological polar surface area (TPSA) is 42.2 Å². The number of hydrogen-bond donors (Lipinski definition) is 1. The van der Waals surface area contributed by atoms with Crippen LogP contribution in [-0.2, 0) is 6.18 Å². The van der Waals surface area contributed by atoms with Crippen molar-refractivity contribution in [3.8, 4) is 5.69 Å². The van der Waals surface area contributed by atoms with Gasteiger partial charge in [-0.2, -0.15) is 13.2 Å². The SMILES string of the molecule is Cc1cc(C(=O)O)c(C)n1-c1ccc(Cl)cc1C(F)(F)F. The van der Waals surface area contributed by atoms with Gasteiger partial charge in [-0.05, 0) is 38.1 Å². The number of carbonyl (C=O) groups is 1. The molecule has 1 aromatic carbocycles. The molecule has 0 aliphatic rings. The Morgan fingerprint density at radius 3 is 2.33 bits per heavy atom. The van der Waals surface area contributed by atoms with Crippen molar-refractivity contribution in [2.24, 2.45) is 0 Å². The highest BCUT2D eigenvalue weighted by molar-refractivity contribution is 6.30. The lowest BCUT2D eigenvalue weighted by Crippen LogP contribution is -2.12. The molecule has 7 heteroatoms. The Bertz CT molecular complexity index is 720. The van der Waals surface area contributed by atoms with E-state index < -0.39 is 17.7 Å². The third-order valence-corrected chi connectivity index (χ3v) is 3.40. The number of benzene rings is 1. The highest BCUT2D eigenvalue weighted by atomic mass is 35.5. The number of carboxylic acid groups (broad SMARTS) is 1. The summed E-state index contributed by atoms with van der Waals surface area (Å²) < 4.78 is 40.7. The number of aryl methyl sites for hydroxylation is 1. The van der Waals surface area contributed by atoms with Gasteiger partial charge in [0.2, 0.25) is 0 Å². The molecule has 0 spiro atoms. The second-order valence-corrected chi connectivity index (χ2v) is 5.02. The van der Waals surface area contributed by atoms with Gasteiger partial charge in [-0.25, -0.2) is 4.79 Å². The molecule has 0 aliphatic carbocycles. The number of aromatic carboxylic acids is 1. The average molecular weight is 318 g/mol. The number of carboxylic acids is 1. The van der Waals surface area contributed by atoms with Gasteiger partial charge >= 0.3 is 12.1 Å². The quantitative estimate of drug-likeness (QED) is 0.888. The summed E-state index contributed by atoms with van der Waals surface area (Å²) in [6, 6.07) is 4.74. The van der Waals surface area contributed by atoms with Gasteiger partial charge < -0.3 is 9.67 Å². The molecule has 112 valence electrons. The Kier molecular flexibility index (Phi) is 3.76. The smallest absolute Gasteiger partial charge is 0.418 e. The predicted molar refractivity (Wildman–Crippen MR) is 72.2 cm³/mol. The first-order valence-corrected chi connectivity index (χ1v) is 6.30. The molecule has 2 rings (SSSR count). The van der Waals surface area contributed by atoms with Crippen LogP contribution in [0.5, 0.6) is 0 Å². The monoisotopic (exact) mass is 317 g/mol. The van der Waals surface area contributed by atoms with Crippen molar-refractivity contribution < 1.29 is 23.1 Å². The minimum Gasteiger partial charge on any atom is -0.478 e. The van der Waals surface area contributed by atoms with E-state index in [1.807, 2.05) is 0 Å². The zero-order chi connectivity index (χ0) is 15.9. The lowest BCUT2D eigenvalue weighted by atomic mass is 10.1. The number of rotatable bonds is 2. The molecule has 2 aromatic rings. The van der Waals surface area contributed by atoms with Crippen LogP contribution in [0, 0.1) is 13.8 Å². The van der Waals surface area contributed by atoms with Crippen molar-refractivity contribution in [2.45, 2.75) is 20.0 Å². The minimum absolute atomic E-state index is 0.0319. The molecule has 1 aromatic heterocycles. The largest absolute Gasteiger partial charge is 0.478 e. The fourth-order valence-electron chi connectivity index (χ4n) is 2.28. The van der Waals surface area contributed by atoms with E-state index in [-0.39, 0.29) is 22.0 Å². The Morgan fingerprint density at radius 2 is 1.86 bits per heavy atom. The molecule has 0 saturated carbocycles. The Hall–Kier alpha value is -1.95. The van der Waals surface area contributed by atoms with Gasteiger partial charge in [-0.15, -0.1) is 0 Å². The van der Waals surface area contributed by atoms with Crippen molar-refractivity contribution in [1.82, 2.24) is 4.57 Å². The third kappa shape index (κ3) is 2.76. The highest BCUT2D eigenvalue weighted by Gasteiger charge is 2.35. The number of hydrogen-bond acceptors (Lipinski definition) is 1. The van der Waals surface area contributed by atoms with E-state index in [4.69, 9.17) is 16.7 Å². The molecule has 0 radical (unpaired) electrons. The van der Waals surface area contributed by atoms with Gasteiger partial charge in [0, 0.05) is 16.4 Å². The molecule has 0 fully saturated rings. The zero-order valence-electron chi connectivity index (χ0n) is 11.1. The van der Waals surface area contributed by atoms with Gasteiger partial charge in [0.1, 0.15) is 0 Å². The second-order valence-electron chi connectivity index (χ2n) is 4.58. The third-order valence-electron chi connectivity index (χ3n) is 3.17. The zero-order valence-corrected chi connectivity index (χ0v) is 11.9. The molecule has 0 atom stereocenters. The standard InChI is InChI=1S/C14H11ClF3NO2/c1-7-5-10(13(20)21)8(2)19(7)12-4-3-9(15)6-11(12)14(16,17)18/h3-6H,1-2H3,(H,20,21). The first kappa shape index (κ1) is 15.4. The lowest BCUT2D eigenvalue weighted by Gasteiger charge is -2.17. The summed E-state index contributed by atoms with van der Waals surface area (Å²) in [6.45, 7) is 3.01. The van der Waals surface area contributed by atoms with Crippen molar-refractivity contribution in [3.63, 3.8) is 0 Å². The Morgan fingerprint density at radius 1 is 1.24 bits per heavy atom. The number of nitrogens with zero attached hydrogens (tertiary/aromatic N) is 1. The maximum Gasteiger partial charge on any atom is 0.418 e. The first-order chi connectivity index (χ1) is 9.62. The molecule has 21 heavy (non-hydrogen) atoms. The minimum atomic E-state index is -4.59. The first-order valence-electron chi connectivity index (χ1n) is 5.92. The summed E-state index contributed by atoms with van der Waals surface area (Å²) in [6.07, 6.45) is -4.59. The normalized spacial score (nSPS) is 11.7. The van der Waals surface area contributed by atoms with E-state index >= 15 is 0 Å². The summed E-state index contributed by atoms with van der Waals surface area (Å²) in [4.78, 5) is 11.1. The van der Waals surface area contributed by atoms with Crippen LogP contribution in [0.3, 0.4) is 0 Å². The summed E-state index contributed by atoms with van der Waals surface area (Å²) in [5.41, 5.74) is -0.454. The molecule has 0 unspecified atom stereocenters. The Balaban J connectivity index is 2.77. The van der Waals surface area contributed by atoms with E-state index in [1.54, 1.807) is 6.92 Å². The molecular formula is C14H11ClF3NO2. The fraction of sp³-hybridized carbons (Fsp3) is 0.214. The van der Waals surface area contributed by atoms with Crippen molar-refractivity contribution in [2.75, 3.05) is 0 Å². The summed E-state index contributed by atoms with van der Waals surface area (Å²) in [5.74, 6) is -1.18. The van der Waals surface area contributed by atoms with Gasteiger partial charge in [-0.3, -0.25) is 0 Å². The highest BCUT2D eigenvalue weighted by Crippen LogP contribution is 2.37. The van der Waals surface area contributed by atoms with E-state index in [0.717, 1.165) is 6.07 Å². The average Bonchev–Trinajstić information content (AvgIpc) is 2.64. The van der Waals surface area contributed by atoms with Crippen molar-refractivity contribution in [3.05, 3.63) is 51.8 Å². The van der Waals surface area contributed by atoms with Gasteiger partial charge in [0.25, 0.3) is 0 Å². The van der Waals surface area contributed by atoms with Gasteiger partial charge in [0.15, 0.2) is 0 Å². The van der Waals surface area contributed by atoms with Gasteiger partial charge in [0.05, 0.1) is 16.8 Å². The van der Waals surface area contributed by atoms with Crippen LogP contribution in [0.25, 0.3) is 5.69 Å². The van der Waals surface area contributed by atoms with Crippen molar-refractivity contribution >= 4 is 17.6 Å². The molecule has 0 aliphatic heterocycles. The van der Waals surface area contributed by atoms with Crippen LogP contribution < -0.4 is 0 Å². The number of aromatic nitrogens is 1. The van der Waals surface area contributed by atoms with Crippen LogP contribution in [0.2, 0.25) is 5.02 Å². The predicted octanol–water partition coefficient (Wildman–Crippen LogP) is 4.46. The van der Waals surface area contributed by atoms with Crippen molar-refractivity contribution in [1.29, 1.82) is 0 Å². The van der Waals surface area contributed by atoms with Crippen LogP contribution in [-0.4, -0.2) is 15.6 Å². The maximum absolute atomic E-state index is 13.2. The second kappa shape index (κ2) is 5.11. The number of halogens is 4. The molecular weight excluding hydrogens is 307 g/mol. The summed E-state index contributed by atoms with van der Waals surface area (Å²) in [7, 11) is 0. The van der Waals surface area contributed by atoms with E-state index in [1.165, 1.54) is 29.7 Å². The van der Waals surface area contributed by atoms with E-state index in [0.29, 0.717) is 5.69 Å². The Labute approximate surface area is 123 Å². The molecule has 1 N–H and O–H groups in total. The van der Waals surface area contributed by atoms with E-state index in [9.17, 15) is 18.0 Å². The molecule has 0 bridgehead atoms. The number of alkyl halides is 3.